The number of ether oxygens (including phenoxy) is 1. The van der Waals surface area contributed by atoms with Gasteiger partial charge in [-0.1, -0.05) is 188 Å². The summed E-state index contributed by atoms with van der Waals surface area (Å²) in [7, 11) is 0. The summed E-state index contributed by atoms with van der Waals surface area (Å²) in [6.07, 6.45) is 0. The van der Waals surface area contributed by atoms with Crippen molar-refractivity contribution in [2.45, 2.75) is 5.41 Å². The van der Waals surface area contributed by atoms with Crippen LogP contribution in [-0.4, -0.2) is 9.97 Å². The van der Waals surface area contributed by atoms with Crippen LogP contribution in [-0.2, 0) is 5.41 Å². The first-order valence-electron chi connectivity index (χ1n) is 19.0. The number of para-hydroxylation sites is 2. The van der Waals surface area contributed by atoms with Crippen LogP contribution < -0.4 is 4.74 Å². The Morgan fingerprint density at radius 3 is 1.27 bits per heavy atom. The molecule has 0 bridgehead atoms. The summed E-state index contributed by atoms with van der Waals surface area (Å²) >= 11 is 0. The van der Waals surface area contributed by atoms with Crippen molar-refractivity contribution in [3.63, 3.8) is 0 Å². The maximum absolute atomic E-state index is 6.51. The molecule has 8 aromatic carbocycles. The second kappa shape index (κ2) is 14.1. The lowest BCUT2D eigenvalue weighted by Gasteiger charge is -2.41. The molecule has 1 aliphatic rings. The molecular weight excluding hydrogens is 681 g/mol. The van der Waals surface area contributed by atoms with Crippen molar-refractivity contribution in [3.05, 3.63) is 241 Å². The summed E-state index contributed by atoms with van der Waals surface area (Å²) in [6, 6.07) is 76.8. The lowest BCUT2D eigenvalue weighted by atomic mass is 9.63. The molecule has 0 fully saturated rings. The normalized spacial score (nSPS) is 12.6. The molecule has 0 unspecified atom stereocenters. The molecule has 264 valence electrons. The number of nitrogens with zero attached hydrogens (tertiary/aromatic N) is 2. The minimum atomic E-state index is -0.559. The fraction of sp³-hybridized carbons (Fsp3) is 0.0189. The summed E-state index contributed by atoms with van der Waals surface area (Å²) in [5, 5.41) is 0. The third kappa shape index (κ3) is 5.87. The van der Waals surface area contributed by atoms with E-state index in [0.717, 1.165) is 67.4 Å². The number of rotatable bonds is 7. The van der Waals surface area contributed by atoms with E-state index in [9.17, 15) is 0 Å². The van der Waals surface area contributed by atoms with Crippen LogP contribution in [0.15, 0.2) is 218 Å². The van der Waals surface area contributed by atoms with E-state index >= 15 is 0 Å². The van der Waals surface area contributed by atoms with Crippen LogP contribution in [0.4, 0.5) is 0 Å². The molecule has 10 rings (SSSR count). The first kappa shape index (κ1) is 33.2. The van der Waals surface area contributed by atoms with Crippen LogP contribution in [0.1, 0.15) is 22.3 Å². The predicted molar refractivity (Wildman–Crippen MR) is 228 cm³/mol. The van der Waals surface area contributed by atoms with Crippen molar-refractivity contribution in [1.82, 2.24) is 9.97 Å². The van der Waals surface area contributed by atoms with Crippen molar-refractivity contribution < 1.29 is 4.74 Å². The van der Waals surface area contributed by atoms with E-state index < -0.39 is 5.41 Å². The van der Waals surface area contributed by atoms with Gasteiger partial charge in [-0.05, 0) is 63.7 Å². The SMILES string of the molecule is c1ccc(-c2cccc(-c3cc(-c4cccc(-c5ccc(C6(c7ccccc7)c7ccccc7Oc7ccccc76)cc5)c4)nc(-c4ccccc4)n3)c2)cc1. The van der Waals surface area contributed by atoms with Gasteiger partial charge in [0, 0.05) is 27.8 Å². The van der Waals surface area contributed by atoms with Gasteiger partial charge in [0.05, 0.1) is 16.8 Å². The van der Waals surface area contributed by atoms with Crippen molar-refractivity contribution in [1.29, 1.82) is 0 Å². The first-order valence-corrected chi connectivity index (χ1v) is 19.0. The van der Waals surface area contributed by atoms with Gasteiger partial charge in [0.15, 0.2) is 5.82 Å². The molecule has 1 aromatic heterocycles. The van der Waals surface area contributed by atoms with Crippen molar-refractivity contribution >= 4 is 0 Å². The Morgan fingerprint density at radius 1 is 0.304 bits per heavy atom. The van der Waals surface area contributed by atoms with Gasteiger partial charge >= 0.3 is 0 Å². The topological polar surface area (TPSA) is 35.0 Å². The Labute approximate surface area is 327 Å². The molecule has 0 saturated carbocycles. The molecule has 0 aliphatic carbocycles. The van der Waals surface area contributed by atoms with E-state index in [1.807, 2.05) is 36.4 Å². The van der Waals surface area contributed by atoms with Gasteiger partial charge in [0.25, 0.3) is 0 Å². The lowest BCUT2D eigenvalue weighted by molar-refractivity contribution is 0.434. The Morgan fingerprint density at radius 2 is 0.714 bits per heavy atom. The fourth-order valence-corrected chi connectivity index (χ4v) is 8.19. The molecular formula is C53H36N2O. The summed E-state index contributed by atoms with van der Waals surface area (Å²) in [4.78, 5) is 10.3. The minimum Gasteiger partial charge on any atom is -0.457 e. The number of aromatic nitrogens is 2. The standard InChI is InChI=1S/C53H36N2O/c1-4-16-37(17-5-1)40-20-14-22-42(34-40)48-36-49(55-52(54-48)39-18-6-2-7-19-39)43-23-15-21-41(35-43)38-30-32-45(33-31-38)53(44-24-8-3-9-25-44)46-26-10-12-28-50(46)56-51-29-13-11-27-47(51)53/h1-36H. The zero-order chi connectivity index (χ0) is 37.3. The summed E-state index contributed by atoms with van der Waals surface area (Å²) < 4.78 is 6.51. The zero-order valence-corrected chi connectivity index (χ0v) is 30.6. The van der Waals surface area contributed by atoms with E-state index in [4.69, 9.17) is 14.7 Å². The highest BCUT2D eigenvalue weighted by atomic mass is 16.5. The van der Waals surface area contributed by atoms with Gasteiger partial charge in [-0.3, -0.25) is 0 Å². The Bertz CT molecular complexity index is 2770. The van der Waals surface area contributed by atoms with E-state index in [2.05, 4.69) is 182 Å². The molecule has 0 amide bonds. The van der Waals surface area contributed by atoms with E-state index in [1.54, 1.807) is 0 Å². The van der Waals surface area contributed by atoms with Crippen molar-refractivity contribution in [2.75, 3.05) is 0 Å². The first-order chi connectivity index (χ1) is 27.7. The molecule has 0 radical (unpaired) electrons. The van der Waals surface area contributed by atoms with E-state index in [0.29, 0.717) is 5.82 Å². The smallest absolute Gasteiger partial charge is 0.160 e. The third-order valence-electron chi connectivity index (χ3n) is 10.8. The zero-order valence-electron chi connectivity index (χ0n) is 30.6. The number of fused-ring (bicyclic) bond motifs is 2. The Balaban J connectivity index is 1.07. The summed E-state index contributed by atoms with van der Waals surface area (Å²) in [6.45, 7) is 0. The average Bonchev–Trinajstić information content (AvgIpc) is 3.29. The quantitative estimate of drug-likeness (QED) is 0.165. The van der Waals surface area contributed by atoms with Crippen LogP contribution in [0.25, 0.3) is 56.2 Å². The molecule has 3 heteroatoms. The second-order valence-corrected chi connectivity index (χ2v) is 14.1. The molecule has 0 saturated heterocycles. The number of hydrogen-bond acceptors (Lipinski definition) is 3. The second-order valence-electron chi connectivity index (χ2n) is 14.1. The van der Waals surface area contributed by atoms with Gasteiger partial charge in [-0.2, -0.15) is 0 Å². The summed E-state index contributed by atoms with van der Waals surface area (Å²) in [5.41, 5.74) is 13.4. The third-order valence-corrected chi connectivity index (χ3v) is 10.8. The molecule has 9 aromatic rings. The number of benzene rings is 8. The summed E-state index contributed by atoms with van der Waals surface area (Å²) in [5.74, 6) is 2.44. The van der Waals surface area contributed by atoms with E-state index in [-0.39, 0.29) is 0 Å². The predicted octanol–water partition coefficient (Wildman–Crippen LogP) is 13.3. The molecule has 56 heavy (non-hydrogen) atoms. The van der Waals surface area contributed by atoms with Gasteiger partial charge in [-0.25, -0.2) is 9.97 Å². The van der Waals surface area contributed by atoms with Crippen molar-refractivity contribution in [2.24, 2.45) is 0 Å². The van der Waals surface area contributed by atoms with Gasteiger partial charge < -0.3 is 4.74 Å². The minimum absolute atomic E-state index is 0.559. The van der Waals surface area contributed by atoms with Gasteiger partial charge in [-0.15, -0.1) is 0 Å². The molecule has 0 atom stereocenters. The van der Waals surface area contributed by atoms with E-state index in [1.165, 1.54) is 16.7 Å². The van der Waals surface area contributed by atoms with Gasteiger partial charge in [0.2, 0.25) is 0 Å². The highest BCUT2D eigenvalue weighted by Gasteiger charge is 2.45. The van der Waals surface area contributed by atoms with Crippen LogP contribution in [0.3, 0.4) is 0 Å². The van der Waals surface area contributed by atoms with Gasteiger partial charge in [0.1, 0.15) is 11.5 Å². The highest BCUT2D eigenvalue weighted by molar-refractivity contribution is 5.78. The fourth-order valence-electron chi connectivity index (χ4n) is 8.19. The lowest BCUT2D eigenvalue weighted by Crippen LogP contribution is -2.34. The Kier molecular flexibility index (Phi) is 8.38. The van der Waals surface area contributed by atoms with Crippen LogP contribution in [0, 0.1) is 0 Å². The maximum Gasteiger partial charge on any atom is 0.160 e. The van der Waals surface area contributed by atoms with Crippen LogP contribution >= 0.6 is 0 Å². The van der Waals surface area contributed by atoms with Crippen LogP contribution in [0.2, 0.25) is 0 Å². The molecule has 1 aliphatic heterocycles. The molecule has 3 nitrogen and oxygen atoms in total. The van der Waals surface area contributed by atoms with Crippen LogP contribution in [0.5, 0.6) is 11.5 Å². The molecule has 2 heterocycles. The Hall–Kier alpha value is -7.36. The van der Waals surface area contributed by atoms with Crippen molar-refractivity contribution in [3.8, 4) is 67.7 Å². The molecule has 0 N–H and O–H groups in total. The number of hydrogen-bond donors (Lipinski definition) is 0. The monoisotopic (exact) mass is 716 g/mol. The molecule has 0 spiro atoms. The largest absolute Gasteiger partial charge is 0.457 e. The maximum atomic E-state index is 6.51. The average molecular weight is 717 g/mol. The highest BCUT2D eigenvalue weighted by Crippen LogP contribution is 2.55.